The van der Waals surface area contributed by atoms with E-state index in [4.69, 9.17) is 14.1 Å². The largest absolute Gasteiger partial charge is 0.493 e. The standard InChI is InChI=1S/C21H30BNO6/c1-4-7-28-21-9-16(5-6-20(21)27-3)17-8-18(12-23-11-17)19(13-24)10-22(26)29-14-15(2)25/h5-6,8-9,11-12,15,19,24-26H,4,7,10,13-14H2,1-3H3/t15?,19-/m0/s1. The molecule has 29 heavy (non-hydrogen) atoms. The summed E-state index contributed by atoms with van der Waals surface area (Å²) in [5.74, 6) is 0.983. The summed E-state index contributed by atoms with van der Waals surface area (Å²) in [4.78, 5) is 4.30. The minimum Gasteiger partial charge on any atom is -0.493 e. The Kier molecular flexibility index (Phi) is 9.40. The SMILES string of the molecule is CCCOc1cc(-c2cncc([C@H](CO)CB(O)OCC(C)O)c2)ccc1OC. The lowest BCUT2D eigenvalue weighted by molar-refractivity contribution is 0.108. The number of aliphatic hydroxyl groups is 2. The molecule has 1 aromatic carbocycles. The van der Waals surface area contributed by atoms with E-state index in [0.717, 1.165) is 23.1 Å². The molecule has 1 aromatic heterocycles. The van der Waals surface area contributed by atoms with Crippen LogP contribution >= 0.6 is 0 Å². The lowest BCUT2D eigenvalue weighted by atomic mass is 9.75. The number of pyridine rings is 1. The lowest BCUT2D eigenvalue weighted by Gasteiger charge is -2.18. The van der Waals surface area contributed by atoms with E-state index in [-0.39, 0.29) is 25.5 Å². The van der Waals surface area contributed by atoms with Gasteiger partial charge in [0, 0.05) is 30.5 Å². The first-order valence-electron chi connectivity index (χ1n) is 9.83. The number of aliphatic hydroxyl groups excluding tert-OH is 2. The minimum atomic E-state index is -1.08. The zero-order valence-electron chi connectivity index (χ0n) is 17.2. The van der Waals surface area contributed by atoms with Crippen molar-refractivity contribution in [2.45, 2.75) is 38.6 Å². The second kappa shape index (κ2) is 11.8. The second-order valence-electron chi connectivity index (χ2n) is 6.97. The first-order valence-corrected chi connectivity index (χ1v) is 9.83. The van der Waals surface area contributed by atoms with E-state index >= 15 is 0 Å². The van der Waals surface area contributed by atoms with E-state index in [2.05, 4.69) is 4.98 Å². The normalized spacial score (nSPS) is 13.0. The van der Waals surface area contributed by atoms with Gasteiger partial charge < -0.3 is 29.4 Å². The van der Waals surface area contributed by atoms with Gasteiger partial charge in [-0.05, 0) is 49.0 Å². The smallest absolute Gasteiger partial charge is 0.454 e. The molecule has 0 radical (unpaired) electrons. The van der Waals surface area contributed by atoms with Crippen molar-refractivity contribution in [3.8, 4) is 22.6 Å². The third kappa shape index (κ3) is 7.01. The number of nitrogens with zero attached hydrogens (tertiary/aromatic N) is 1. The summed E-state index contributed by atoms with van der Waals surface area (Å²) in [5.41, 5.74) is 2.56. The summed E-state index contributed by atoms with van der Waals surface area (Å²) in [5, 5.41) is 29.1. The van der Waals surface area contributed by atoms with E-state index in [9.17, 15) is 15.2 Å². The van der Waals surface area contributed by atoms with Crippen molar-refractivity contribution in [2.75, 3.05) is 26.9 Å². The van der Waals surface area contributed by atoms with Crippen LogP contribution in [-0.2, 0) is 4.65 Å². The van der Waals surface area contributed by atoms with Gasteiger partial charge in [-0.3, -0.25) is 4.98 Å². The zero-order chi connectivity index (χ0) is 21.2. The Morgan fingerprint density at radius 2 is 1.93 bits per heavy atom. The maximum Gasteiger partial charge on any atom is 0.454 e. The third-order valence-corrected chi connectivity index (χ3v) is 4.43. The summed E-state index contributed by atoms with van der Waals surface area (Å²) in [6.45, 7) is 4.09. The van der Waals surface area contributed by atoms with Gasteiger partial charge in [-0.2, -0.15) is 0 Å². The van der Waals surface area contributed by atoms with Crippen LogP contribution in [0.25, 0.3) is 11.1 Å². The number of hydrogen-bond acceptors (Lipinski definition) is 7. The van der Waals surface area contributed by atoms with Crippen molar-refractivity contribution in [1.29, 1.82) is 0 Å². The molecule has 0 aliphatic carbocycles. The second-order valence-corrected chi connectivity index (χ2v) is 6.97. The number of methoxy groups -OCH3 is 1. The van der Waals surface area contributed by atoms with Gasteiger partial charge in [0.2, 0.25) is 0 Å². The Hall–Kier alpha value is -2.13. The molecule has 1 unspecified atom stereocenters. The molecule has 1 heterocycles. The van der Waals surface area contributed by atoms with E-state index in [1.807, 2.05) is 31.2 Å². The molecule has 0 spiro atoms. The molecule has 2 aromatic rings. The number of ether oxygens (including phenoxy) is 2. The van der Waals surface area contributed by atoms with Crippen molar-refractivity contribution in [1.82, 2.24) is 4.98 Å². The van der Waals surface area contributed by atoms with Crippen LogP contribution < -0.4 is 9.47 Å². The maximum atomic E-state index is 10.0. The van der Waals surface area contributed by atoms with Gasteiger partial charge in [0.1, 0.15) is 0 Å². The molecule has 2 rings (SSSR count). The molecular weight excluding hydrogens is 373 g/mol. The first kappa shape index (κ1) is 23.2. The number of aromatic nitrogens is 1. The highest BCUT2D eigenvalue weighted by Gasteiger charge is 2.22. The summed E-state index contributed by atoms with van der Waals surface area (Å²) in [7, 11) is 0.521. The van der Waals surface area contributed by atoms with Crippen molar-refractivity contribution in [3.63, 3.8) is 0 Å². The average Bonchev–Trinajstić information content (AvgIpc) is 2.74. The molecule has 7 nitrogen and oxygen atoms in total. The molecular formula is C21H30BNO6. The van der Waals surface area contributed by atoms with Crippen LogP contribution in [0.5, 0.6) is 11.5 Å². The van der Waals surface area contributed by atoms with Crippen LogP contribution in [-0.4, -0.2) is 60.4 Å². The summed E-state index contributed by atoms with van der Waals surface area (Å²) >= 11 is 0. The van der Waals surface area contributed by atoms with Gasteiger partial charge in [0.15, 0.2) is 11.5 Å². The highest BCUT2D eigenvalue weighted by Crippen LogP contribution is 2.33. The van der Waals surface area contributed by atoms with E-state index < -0.39 is 13.2 Å². The third-order valence-electron chi connectivity index (χ3n) is 4.43. The van der Waals surface area contributed by atoms with Crippen LogP contribution in [0, 0.1) is 0 Å². The summed E-state index contributed by atoms with van der Waals surface area (Å²) < 4.78 is 16.3. The fraction of sp³-hybridized carbons (Fsp3) is 0.476. The summed E-state index contributed by atoms with van der Waals surface area (Å²) in [6.07, 6.45) is 3.83. The number of rotatable bonds is 12. The molecule has 0 amide bonds. The lowest BCUT2D eigenvalue weighted by Crippen LogP contribution is -2.26. The molecule has 0 bridgehead atoms. The fourth-order valence-electron chi connectivity index (χ4n) is 2.90. The minimum absolute atomic E-state index is 0.0317. The van der Waals surface area contributed by atoms with E-state index in [0.29, 0.717) is 18.1 Å². The Morgan fingerprint density at radius 3 is 2.59 bits per heavy atom. The van der Waals surface area contributed by atoms with Crippen LogP contribution in [0.2, 0.25) is 6.32 Å². The van der Waals surface area contributed by atoms with Gasteiger partial charge in [-0.1, -0.05) is 13.0 Å². The van der Waals surface area contributed by atoms with Crippen molar-refractivity contribution >= 4 is 7.12 Å². The van der Waals surface area contributed by atoms with Gasteiger partial charge in [0.05, 0.1) is 26.4 Å². The first-order chi connectivity index (χ1) is 14.0. The van der Waals surface area contributed by atoms with E-state index in [1.54, 1.807) is 26.4 Å². The van der Waals surface area contributed by atoms with Gasteiger partial charge in [0.25, 0.3) is 0 Å². The molecule has 3 N–H and O–H groups in total. The molecule has 0 aliphatic rings. The monoisotopic (exact) mass is 403 g/mol. The Balaban J connectivity index is 2.21. The molecule has 0 aliphatic heterocycles. The van der Waals surface area contributed by atoms with Crippen LogP contribution in [0.1, 0.15) is 31.7 Å². The topological polar surface area (TPSA) is 101 Å². The molecule has 0 saturated heterocycles. The zero-order valence-corrected chi connectivity index (χ0v) is 17.2. The van der Waals surface area contributed by atoms with E-state index in [1.165, 1.54) is 0 Å². The van der Waals surface area contributed by atoms with Gasteiger partial charge in [-0.25, -0.2) is 0 Å². The fourth-order valence-corrected chi connectivity index (χ4v) is 2.90. The molecule has 0 fully saturated rings. The average molecular weight is 403 g/mol. The number of benzene rings is 1. The predicted octanol–water partition coefficient (Wildman–Crippen LogP) is 2.50. The number of hydrogen-bond donors (Lipinski definition) is 3. The predicted molar refractivity (Wildman–Crippen MR) is 112 cm³/mol. The highest BCUT2D eigenvalue weighted by molar-refractivity contribution is 6.43. The van der Waals surface area contributed by atoms with Crippen molar-refractivity contribution in [3.05, 3.63) is 42.2 Å². The van der Waals surface area contributed by atoms with Gasteiger partial charge in [-0.15, -0.1) is 0 Å². The Morgan fingerprint density at radius 1 is 1.14 bits per heavy atom. The quantitative estimate of drug-likeness (QED) is 0.468. The Labute approximate surface area is 172 Å². The molecule has 2 atom stereocenters. The molecule has 158 valence electrons. The van der Waals surface area contributed by atoms with Crippen molar-refractivity contribution < 1.29 is 29.4 Å². The van der Waals surface area contributed by atoms with Crippen LogP contribution in [0.15, 0.2) is 36.7 Å². The summed E-state index contributed by atoms with van der Waals surface area (Å²) in [6, 6.07) is 7.61. The molecule has 0 saturated carbocycles. The van der Waals surface area contributed by atoms with Gasteiger partial charge >= 0.3 is 7.12 Å². The van der Waals surface area contributed by atoms with Crippen molar-refractivity contribution in [2.24, 2.45) is 0 Å². The Bertz CT molecular complexity index is 758. The highest BCUT2D eigenvalue weighted by atomic mass is 16.5. The molecule has 8 heteroatoms. The maximum absolute atomic E-state index is 10.0. The van der Waals surface area contributed by atoms with Crippen LogP contribution in [0.4, 0.5) is 0 Å². The van der Waals surface area contributed by atoms with Crippen LogP contribution in [0.3, 0.4) is 0 Å².